The number of piperidine rings is 1. The summed E-state index contributed by atoms with van der Waals surface area (Å²) in [6.07, 6.45) is 5.90. The van der Waals surface area contributed by atoms with Crippen LogP contribution in [0.4, 0.5) is 5.69 Å². The molecule has 0 saturated carbocycles. The number of aliphatic hydroxyl groups excluding tert-OH is 1. The fraction of sp³-hybridized carbons (Fsp3) is 0.400. The molecule has 1 atom stereocenters. The van der Waals surface area contributed by atoms with Crippen molar-refractivity contribution in [1.29, 1.82) is 0 Å². The highest BCUT2D eigenvalue weighted by Gasteiger charge is 2.37. The lowest BCUT2D eigenvalue weighted by Crippen LogP contribution is -2.48. The Morgan fingerprint density at radius 1 is 1.26 bits per heavy atom. The number of nitrogens with zero attached hydrogens (tertiary/aromatic N) is 1. The second-order valence-corrected chi connectivity index (χ2v) is 8.89. The Bertz CT molecular complexity index is 979. The number of anilines is 1. The molecule has 1 fully saturated rings. The van der Waals surface area contributed by atoms with E-state index in [4.69, 9.17) is 16.3 Å². The second kappa shape index (κ2) is 9.03. The molecule has 0 aromatic heterocycles. The summed E-state index contributed by atoms with van der Waals surface area (Å²) in [6.45, 7) is 6.10. The molecule has 5 nitrogen and oxygen atoms in total. The van der Waals surface area contributed by atoms with Crippen LogP contribution in [0.3, 0.4) is 0 Å². The van der Waals surface area contributed by atoms with Crippen molar-refractivity contribution in [2.24, 2.45) is 0 Å². The van der Waals surface area contributed by atoms with Crippen molar-refractivity contribution < 1.29 is 14.6 Å². The van der Waals surface area contributed by atoms with Crippen molar-refractivity contribution >= 4 is 29.3 Å². The van der Waals surface area contributed by atoms with Gasteiger partial charge in [0, 0.05) is 55.2 Å². The van der Waals surface area contributed by atoms with Gasteiger partial charge in [-0.2, -0.15) is 0 Å². The maximum atomic E-state index is 11.5. The summed E-state index contributed by atoms with van der Waals surface area (Å²) in [5.41, 5.74) is 3.36. The Kier molecular flexibility index (Phi) is 6.37. The lowest BCUT2D eigenvalue weighted by atomic mass is 9.87. The number of amides is 1. The van der Waals surface area contributed by atoms with Crippen LogP contribution in [0, 0.1) is 6.92 Å². The van der Waals surface area contributed by atoms with Gasteiger partial charge in [-0.1, -0.05) is 36.7 Å². The van der Waals surface area contributed by atoms with Crippen molar-refractivity contribution in [3.8, 4) is 5.75 Å². The molecule has 6 heteroatoms. The van der Waals surface area contributed by atoms with Gasteiger partial charge in [-0.3, -0.25) is 4.79 Å². The molecule has 0 aliphatic carbocycles. The predicted molar refractivity (Wildman–Crippen MR) is 125 cm³/mol. The first-order valence-corrected chi connectivity index (χ1v) is 11.2. The molecule has 4 rings (SSSR count). The molecular formula is C25H29ClN2O3. The van der Waals surface area contributed by atoms with Gasteiger partial charge in [-0.15, -0.1) is 0 Å². The van der Waals surface area contributed by atoms with Gasteiger partial charge in [0.2, 0.25) is 5.91 Å². The first-order chi connectivity index (χ1) is 14.9. The molecule has 31 heavy (non-hydrogen) atoms. The van der Waals surface area contributed by atoms with Gasteiger partial charge in [0.1, 0.15) is 11.4 Å². The molecule has 1 amide bonds. The summed E-state index contributed by atoms with van der Waals surface area (Å²) < 4.78 is 6.42. The maximum absolute atomic E-state index is 11.5. The number of β-amino-alcohol motifs (C(OH)–C–C–N with tert-alkyl or cyclic N) is 1. The summed E-state index contributed by atoms with van der Waals surface area (Å²) in [5.74, 6) is 0.878. The summed E-state index contributed by atoms with van der Waals surface area (Å²) in [4.78, 5) is 13.8. The van der Waals surface area contributed by atoms with E-state index in [1.807, 2.05) is 50.2 Å². The van der Waals surface area contributed by atoms with E-state index in [1.54, 1.807) is 0 Å². The van der Waals surface area contributed by atoms with E-state index < -0.39 is 6.10 Å². The number of aliphatic hydroxyl groups is 1. The Hall–Kier alpha value is -2.34. The number of halogens is 1. The number of aryl methyl sites for hydroxylation is 1. The maximum Gasteiger partial charge on any atom is 0.224 e. The molecule has 164 valence electrons. The standard InChI is InChI=1S/C25H29ClN2O3/c1-3-24(30)27-20-6-4-18(5-7-20)22(29)16-28-12-10-25(11-13-28)9-8-19-15-21(26)17(2)14-23(19)31-25/h4-9,14-15,22,29H,3,10-13,16H2,1-2H3,(H,27,30). The molecule has 1 saturated heterocycles. The van der Waals surface area contributed by atoms with Gasteiger partial charge in [-0.25, -0.2) is 0 Å². The molecule has 2 aromatic carbocycles. The first-order valence-electron chi connectivity index (χ1n) is 10.9. The largest absolute Gasteiger partial charge is 0.482 e. The molecule has 0 bridgehead atoms. The summed E-state index contributed by atoms with van der Waals surface area (Å²) in [5, 5.41) is 14.3. The van der Waals surface area contributed by atoms with E-state index in [1.165, 1.54) is 0 Å². The van der Waals surface area contributed by atoms with Crippen LogP contribution >= 0.6 is 11.6 Å². The summed E-state index contributed by atoms with van der Waals surface area (Å²) in [7, 11) is 0. The average molecular weight is 441 g/mol. The van der Waals surface area contributed by atoms with E-state index in [0.29, 0.717) is 13.0 Å². The van der Waals surface area contributed by atoms with E-state index in [0.717, 1.165) is 59.1 Å². The van der Waals surface area contributed by atoms with Gasteiger partial charge in [0.15, 0.2) is 0 Å². The lowest BCUT2D eigenvalue weighted by molar-refractivity contribution is -0.115. The van der Waals surface area contributed by atoms with Crippen LogP contribution in [0.5, 0.6) is 5.75 Å². The van der Waals surface area contributed by atoms with E-state index in [9.17, 15) is 9.90 Å². The number of benzene rings is 2. The third-order valence-corrected chi connectivity index (χ3v) is 6.61. The van der Waals surface area contributed by atoms with Crippen LogP contribution in [-0.2, 0) is 4.79 Å². The van der Waals surface area contributed by atoms with Gasteiger partial charge in [-0.05, 0) is 48.4 Å². The first kappa shape index (κ1) is 21.9. The minimum atomic E-state index is -0.571. The van der Waals surface area contributed by atoms with Crippen LogP contribution < -0.4 is 10.1 Å². The van der Waals surface area contributed by atoms with Crippen LogP contribution in [0.25, 0.3) is 6.08 Å². The topological polar surface area (TPSA) is 61.8 Å². The zero-order valence-corrected chi connectivity index (χ0v) is 18.8. The molecule has 0 radical (unpaired) electrons. The van der Waals surface area contributed by atoms with Crippen molar-refractivity contribution in [1.82, 2.24) is 4.90 Å². The summed E-state index contributed by atoms with van der Waals surface area (Å²) in [6, 6.07) is 11.4. The van der Waals surface area contributed by atoms with Crippen LogP contribution in [0.1, 0.15) is 49.0 Å². The number of ether oxygens (including phenoxy) is 1. The van der Waals surface area contributed by atoms with E-state index in [2.05, 4.69) is 22.4 Å². The Morgan fingerprint density at radius 2 is 1.97 bits per heavy atom. The molecule has 1 spiro atoms. The zero-order valence-electron chi connectivity index (χ0n) is 18.0. The SMILES string of the molecule is CCC(=O)Nc1ccc(C(O)CN2CCC3(C=Cc4cc(Cl)c(C)cc4O3)CC2)cc1. The Labute approximate surface area is 188 Å². The normalized spacial score (nSPS) is 18.3. The number of fused-ring (bicyclic) bond motifs is 1. The van der Waals surface area contributed by atoms with Gasteiger partial charge >= 0.3 is 0 Å². The Balaban J connectivity index is 1.33. The molecule has 2 heterocycles. The van der Waals surface area contributed by atoms with Gasteiger partial charge in [0.25, 0.3) is 0 Å². The number of hydrogen-bond donors (Lipinski definition) is 2. The fourth-order valence-corrected chi connectivity index (χ4v) is 4.33. The number of carbonyl (C=O) groups excluding carboxylic acids is 1. The molecule has 2 aromatic rings. The number of carbonyl (C=O) groups is 1. The molecule has 2 aliphatic heterocycles. The number of likely N-dealkylation sites (tertiary alicyclic amines) is 1. The number of nitrogens with one attached hydrogen (secondary N) is 1. The third-order valence-electron chi connectivity index (χ3n) is 6.20. The van der Waals surface area contributed by atoms with Crippen molar-refractivity contribution in [2.45, 2.75) is 44.8 Å². The molecule has 1 unspecified atom stereocenters. The zero-order chi connectivity index (χ0) is 22.0. The van der Waals surface area contributed by atoms with Gasteiger partial charge in [0.05, 0.1) is 6.10 Å². The second-order valence-electron chi connectivity index (χ2n) is 8.48. The van der Waals surface area contributed by atoms with Crippen molar-refractivity contribution in [3.63, 3.8) is 0 Å². The van der Waals surface area contributed by atoms with Crippen LogP contribution in [-0.4, -0.2) is 41.1 Å². The predicted octanol–water partition coefficient (Wildman–Crippen LogP) is 4.97. The number of rotatable bonds is 5. The Morgan fingerprint density at radius 3 is 2.65 bits per heavy atom. The monoisotopic (exact) mass is 440 g/mol. The van der Waals surface area contributed by atoms with Crippen molar-refractivity contribution in [3.05, 3.63) is 64.2 Å². The highest BCUT2D eigenvalue weighted by atomic mass is 35.5. The molecular weight excluding hydrogens is 412 g/mol. The van der Waals surface area contributed by atoms with Gasteiger partial charge < -0.3 is 20.1 Å². The van der Waals surface area contributed by atoms with Crippen molar-refractivity contribution in [2.75, 3.05) is 25.0 Å². The minimum absolute atomic E-state index is 0.0181. The fourth-order valence-electron chi connectivity index (χ4n) is 4.15. The average Bonchev–Trinajstić information content (AvgIpc) is 2.77. The minimum Gasteiger partial charge on any atom is -0.482 e. The smallest absolute Gasteiger partial charge is 0.224 e. The van der Waals surface area contributed by atoms with Crippen LogP contribution in [0.2, 0.25) is 5.02 Å². The highest BCUT2D eigenvalue weighted by Crippen LogP contribution is 2.39. The number of hydrogen-bond acceptors (Lipinski definition) is 4. The van der Waals surface area contributed by atoms with E-state index in [-0.39, 0.29) is 11.5 Å². The van der Waals surface area contributed by atoms with Crippen LogP contribution in [0.15, 0.2) is 42.5 Å². The lowest BCUT2D eigenvalue weighted by Gasteiger charge is -2.42. The quantitative estimate of drug-likeness (QED) is 0.689. The third kappa shape index (κ3) is 4.95. The molecule has 2 aliphatic rings. The van der Waals surface area contributed by atoms with E-state index >= 15 is 0 Å². The molecule has 2 N–H and O–H groups in total. The highest BCUT2D eigenvalue weighted by molar-refractivity contribution is 6.31. The summed E-state index contributed by atoms with van der Waals surface area (Å²) >= 11 is 6.24.